The minimum absolute atomic E-state index is 0.0336. The SMILES string of the molecule is CCn1cc(C(=O)N[C@H](C)C(=O)N[C@H](C)CCc2ccco2)c(=O)c2cc3c(cc21)OCO3. The summed E-state index contributed by atoms with van der Waals surface area (Å²) in [6.45, 7) is 6.02. The zero-order valence-corrected chi connectivity index (χ0v) is 18.8. The van der Waals surface area contributed by atoms with Gasteiger partial charge in [0.2, 0.25) is 18.1 Å². The Bertz CT molecular complexity index is 1230. The van der Waals surface area contributed by atoms with Crippen LogP contribution in [0, 0.1) is 0 Å². The number of hydrogen-bond acceptors (Lipinski definition) is 6. The average molecular weight is 453 g/mol. The monoisotopic (exact) mass is 453 g/mol. The lowest BCUT2D eigenvalue weighted by atomic mass is 10.1. The summed E-state index contributed by atoms with van der Waals surface area (Å²) < 4.78 is 17.9. The highest BCUT2D eigenvalue weighted by atomic mass is 16.7. The van der Waals surface area contributed by atoms with Gasteiger partial charge in [-0.3, -0.25) is 14.4 Å². The maximum atomic E-state index is 13.1. The zero-order valence-electron chi connectivity index (χ0n) is 18.8. The number of fused-ring (bicyclic) bond motifs is 2. The van der Waals surface area contributed by atoms with Crippen LogP contribution in [0.1, 0.15) is 43.3 Å². The minimum atomic E-state index is -0.814. The van der Waals surface area contributed by atoms with E-state index in [1.807, 2.05) is 26.0 Å². The van der Waals surface area contributed by atoms with Crippen LogP contribution in [-0.2, 0) is 17.8 Å². The molecule has 2 N–H and O–H groups in total. The highest BCUT2D eigenvalue weighted by Crippen LogP contribution is 2.35. The van der Waals surface area contributed by atoms with Gasteiger partial charge in [-0.15, -0.1) is 0 Å². The van der Waals surface area contributed by atoms with Gasteiger partial charge in [-0.2, -0.15) is 0 Å². The predicted octanol–water partition coefficient (Wildman–Crippen LogP) is 2.60. The average Bonchev–Trinajstić information content (AvgIpc) is 3.48. The Labute approximate surface area is 190 Å². The van der Waals surface area contributed by atoms with Crippen molar-refractivity contribution in [3.05, 3.63) is 58.3 Å². The van der Waals surface area contributed by atoms with E-state index >= 15 is 0 Å². The molecule has 2 atom stereocenters. The highest BCUT2D eigenvalue weighted by molar-refractivity contribution is 6.00. The van der Waals surface area contributed by atoms with Gasteiger partial charge in [-0.25, -0.2) is 0 Å². The number of aromatic nitrogens is 1. The fourth-order valence-electron chi connectivity index (χ4n) is 3.80. The van der Waals surface area contributed by atoms with Crippen molar-refractivity contribution in [1.82, 2.24) is 15.2 Å². The van der Waals surface area contributed by atoms with Gasteiger partial charge in [0.1, 0.15) is 17.4 Å². The van der Waals surface area contributed by atoms with E-state index in [0.717, 1.165) is 5.76 Å². The van der Waals surface area contributed by atoms with Crippen LogP contribution in [0.25, 0.3) is 10.9 Å². The van der Waals surface area contributed by atoms with Crippen LogP contribution in [0.3, 0.4) is 0 Å². The van der Waals surface area contributed by atoms with Gasteiger partial charge < -0.3 is 29.1 Å². The quantitative estimate of drug-likeness (QED) is 0.542. The van der Waals surface area contributed by atoms with Crippen molar-refractivity contribution >= 4 is 22.7 Å². The molecule has 2 amide bonds. The van der Waals surface area contributed by atoms with Gasteiger partial charge >= 0.3 is 0 Å². The van der Waals surface area contributed by atoms with E-state index in [2.05, 4.69) is 10.6 Å². The largest absolute Gasteiger partial charge is 0.469 e. The number of furan rings is 1. The zero-order chi connectivity index (χ0) is 23.5. The molecule has 9 heteroatoms. The van der Waals surface area contributed by atoms with Gasteiger partial charge in [0.15, 0.2) is 11.5 Å². The highest BCUT2D eigenvalue weighted by Gasteiger charge is 2.23. The van der Waals surface area contributed by atoms with E-state index in [-0.39, 0.29) is 24.3 Å². The Balaban J connectivity index is 1.46. The number of nitrogens with one attached hydrogen (secondary N) is 2. The molecule has 4 rings (SSSR count). The first-order valence-electron chi connectivity index (χ1n) is 11.0. The number of hydrogen-bond donors (Lipinski definition) is 2. The second-order valence-electron chi connectivity index (χ2n) is 8.10. The van der Waals surface area contributed by atoms with Gasteiger partial charge in [0.25, 0.3) is 5.91 Å². The van der Waals surface area contributed by atoms with Crippen molar-refractivity contribution in [2.45, 2.75) is 52.2 Å². The molecule has 0 saturated heterocycles. The number of ether oxygens (including phenoxy) is 2. The van der Waals surface area contributed by atoms with Crippen LogP contribution < -0.4 is 25.5 Å². The van der Waals surface area contributed by atoms with Crippen LogP contribution in [0.2, 0.25) is 0 Å². The smallest absolute Gasteiger partial charge is 0.257 e. The maximum absolute atomic E-state index is 13.1. The molecule has 1 aromatic carbocycles. The van der Waals surface area contributed by atoms with E-state index in [1.165, 1.54) is 6.20 Å². The molecule has 0 saturated carbocycles. The van der Waals surface area contributed by atoms with Crippen LogP contribution in [-0.4, -0.2) is 35.3 Å². The lowest BCUT2D eigenvalue weighted by Crippen LogP contribution is -2.48. The third kappa shape index (κ3) is 4.72. The summed E-state index contributed by atoms with van der Waals surface area (Å²) in [4.78, 5) is 38.6. The van der Waals surface area contributed by atoms with Crippen LogP contribution in [0.5, 0.6) is 11.5 Å². The Morgan fingerprint density at radius 2 is 1.91 bits per heavy atom. The number of aryl methyl sites for hydroxylation is 2. The van der Waals surface area contributed by atoms with E-state index in [4.69, 9.17) is 13.9 Å². The van der Waals surface area contributed by atoms with Gasteiger partial charge in [0.05, 0.1) is 17.2 Å². The summed E-state index contributed by atoms with van der Waals surface area (Å²) in [5.74, 6) is 0.954. The van der Waals surface area contributed by atoms with Gasteiger partial charge in [0, 0.05) is 31.3 Å². The minimum Gasteiger partial charge on any atom is -0.469 e. The molecule has 33 heavy (non-hydrogen) atoms. The number of carbonyl (C=O) groups excluding carboxylic acids is 2. The summed E-state index contributed by atoms with van der Waals surface area (Å²) in [5, 5.41) is 5.88. The number of amides is 2. The molecule has 3 heterocycles. The molecule has 0 spiro atoms. The third-order valence-corrected chi connectivity index (χ3v) is 5.69. The molecular weight excluding hydrogens is 426 g/mol. The van der Waals surface area contributed by atoms with Crippen LogP contribution in [0.15, 0.2) is 45.9 Å². The molecule has 0 bridgehead atoms. The van der Waals surface area contributed by atoms with E-state index < -0.39 is 17.4 Å². The number of pyridine rings is 1. The summed E-state index contributed by atoms with van der Waals surface area (Å²) in [5.41, 5.74) is 0.193. The molecule has 174 valence electrons. The molecule has 2 aromatic heterocycles. The molecular formula is C24H27N3O6. The predicted molar refractivity (Wildman–Crippen MR) is 122 cm³/mol. The van der Waals surface area contributed by atoms with Crippen molar-refractivity contribution < 1.29 is 23.5 Å². The molecule has 0 radical (unpaired) electrons. The summed E-state index contributed by atoms with van der Waals surface area (Å²) in [6.07, 6.45) is 4.52. The van der Waals surface area contributed by atoms with Gasteiger partial charge in [-0.1, -0.05) is 0 Å². The molecule has 9 nitrogen and oxygen atoms in total. The standard InChI is InChI=1S/C24H27N3O6/c1-4-27-12-18(22(28)17-10-20-21(11-19(17)27)33-13-32-20)24(30)26-15(3)23(29)25-14(2)7-8-16-6-5-9-31-16/h5-6,9-12,14-15H,4,7-8,13H2,1-3H3,(H,25,29)(H,26,30)/t14-,15-/m1/s1. The van der Waals surface area contributed by atoms with Crippen LogP contribution >= 0.6 is 0 Å². The second kappa shape index (κ2) is 9.40. The molecule has 0 fully saturated rings. The molecule has 1 aliphatic rings. The first-order valence-corrected chi connectivity index (χ1v) is 11.0. The van der Waals surface area contributed by atoms with Crippen molar-refractivity contribution in [3.63, 3.8) is 0 Å². The third-order valence-electron chi connectivity index (χ3n) is 5.69. The van der Waals surface area contributed by atoms with E-state index in [9.17, 15) is 14.4 Å². The number of benzene rings is 1. The summed E-state index contributed by atoms with van der Waals surface area (Å²) >= 11 is 0. The van der Waals surface area contributed by atoms with Crippen molar-refractivity contribution in [1.29, 1.82) is 0 Å². The first-order chi connectivity index (χ1) is 15.9. The number of rotatable bonds is 8. The summed E-state index contributed by atoms with van der Waals surface area (Å²) in [6, 6.07) is 6.13. The molecule has 0 aliphatic carbocycles. The van der Waals surface area contributed by atoms with Crippen molar-refractivity contribution in [2.75, 3.05) is 6.79 Å². The molecule has 1 aliphatic heterocycles. The lowest BCUT2D eigenvalue weighted by molar-refractivity contribution is -0.123. The summed E-state index contributed by atoms with van der Waals surface area (Å²) in [7, 11) is 0. The topological polar surface area (TPSA) is 112 Å². The fraction of sp³-hybridized carbons (Fsp3) is 0.375. The van der Waals surface area contributed by atoms with E-state index in [0.29, 0.717) is 41.8 Å². The Kier molecular flexibility index (Phi) is 6.39. The van der Waals surface area contributed by atoms with Crippen LogP contribution in [0.4, 0.5) is 0 Å². The molecule has 0 unspecified atom stereocenters. The lowest BCUT2D eigenvalue weighted by Gasteiger charge is -2.19. The van der Waals surface area contributed by atoms with Crippen molar-refractivity contribution in [3.8, 4) is 11.5 Å². The Morgan fingerprint density at radius 3 is 2.61 bits per heavy atom. The maximum Gasteiger partial charge on any atom is 0.257 e. The Hall–Kier alpha value is -3.75. The second-order valence-corrected chi connectivity index (χ2v) is 8.10. The van der Waals surface area contributed by atoms with E-state index in [1.54, 1.807) is 29.9 Å². The molecule has 3 aromatic rings. The van der Waals surface area contributed by atoms with Crippen molar-refractivity contribution in [2.24, 2.45) is 0 Å². The number of nitrogens with zero attached hydrogens (tertiary/aromatic N) is 1. The fourth-order valence-corrected chi connectivity index (χ4v) is 3.80. The Morgan fingerprint density at radius 1 is 1.15 bits per heavy atom. The number of carbonyl (C=O) groups is 2. The first kappa shape index (κ1) is 22.4. The normalized spacial score (nSPS) is 14.2. The van der Waals surface area contributed by atoms with Gasteiger partial charge in [-0.05, 0) is 45.4 Å².